The Balaban J connectivity index is 5.18. The number of rotatable bonds is 62. The highest BCUT2D eigenvalue weighted by Crippen LogP contribution is 2.45. The number of ether oxygens (including phenoxy) is 4. The average molecular weight is 1230 g/mol. The van der Waals surface area contributed by atoms with Crippen molar-refractivity contribution in [2.45, 2.75) is 330 Å². The van der Waals surface area contributed by atoms with Crippen molar-refractivity contribution in [2.24, 2.45) is 17.8 Å². The number of carbonyl (C=O) groups is 4. The minimum absolute atomic E-state index is 0.104. The fourth-order valence-corrected chi connectivity index (χ4v) is 11.1. The first-order valence-corrected chi connectivity index (χ1v) is 36.3. The Labute approximate surface area is 505 Å². The largest absolute Gasteiger partial charge is 0.472 e. The second-order valence-electron chi connectivity index (χ2n) is 24.6. The van der Waals surface area contributed by atoms with E-state index in [1.807, 2.05) is 0 Å². The van der Waals surface area contributed by atoms with Crippen molar-refractivity contribution < 1.29 is 80.2 Å². The molecule has 83 heavy (non-hydrogen) atoms. The summed E-state index contributed by atoms with van der Waals surface area (Å²) >= 11 is 0. The minimum Gasteiger partial charge on any atom is -0.462 e. The van der Waals surface area contributed by atoms with Crippen LogP contribution in [0.1, 0.15) is 312 Å². The molecule has 0 fully saturated rings. The van der Waals surface area contributed by atoms with Gasteiger partial charge < -0.3 is 33.8 Å². The molecule has 0 saturated heterocycles. The van der Waals surface area contributed by atoms with Crippen LogP contribution in [0.4, 0.5) is 0 Å². The molecule has 492 valence electrons. The zero-order valence-electron chi connectivity index (χ0n) is 53.6. The van der Waals surface area contributed by atoms with Crippen LogP contribution in [0.5, 0.6) is 0 Å². The molecule has 5 atom stereocenters. The Bertz CT molecular complexity index is 1650. The smallest absolute Gasteiger partial charge is 0.462 e. The number of hydrogen-bond acceptors (Lipinski definition) is 15. The third kappa shape index (κ3) is 58.8. The summed E-state index contributed by atoms with van der Waals surface area (Å²) < 4.78 is 67.8. The van der Waals surface area contributed by atoms with E-state index in [9.17, 15) is 43.2 Å². The number of phosphoric acid groups is 2. The summed E-state index contributed by atoms with van der Waals surface area (Å²) in [5, 5.41) is 10.5. The van der Waals surface area contributed by atoms with Gasteiger partial charge in [-0.15, -0.1) is 0 Å². The van der Waals surface area contributed by atoms with E-state index in [-0.39, 0.29) is 25.7 Å². The van der Waals surface area contributed by atoms with Gasteiger partial charge in [0.25, 0.3) is 0 Å². The topological polar surface area (TPSA) is 237 Å². The van der Waals surface area contributed by atoms with Crippen LogP contribution in [0.2, 0.25) is 0 Å². The number of hydrogen-bond donors (Lipinski definition) is 3. The van der Waals surface area contributed by atoms with E-state index >= 15 is 0 Å². The number of esters is 4. The van der Waals surface area contributed by atoms with E-state index in [0.717, 1.165) is 114 Å². The zero-order valence-corrected chi connectivity index (χ0v) is 55.4. The van der Waals surface area contributed by atoms with E-state index in [0.29, 0.717) is 25.7 Å². The van der Waals surface area contributed by atoms with Crippen molar-refractivity contribution in [1.82, 2.24) is 0 Å². The monoisotopic (exact) mass is 1230 g/mol. The van der Waals surface area contributed by atoms with Crippen molar-refractivity contribution in [3.8, 4) is 0 Å². The lowest BCUT2D eigenvalue weighted by Gasteiger charge is -2.21. The van der Waals surface area contributed by atoms with Gasteiger partial charge in [0.15, 0.2) is 12.2 Å². The predicted molar refractivity (Wildman–Crippen MR) is 331 cm³/mol. The van der Waals surface area contributed by atoms with Gasteiger partial charge in [-0.05, 0) is 43.4 Å². The van der Waals surface area contributed by atoms with Gasteiger partial charge in [-0.1, -0.05) is 260 Å². The molecule has 0 aliphatic carbocycles. The molecular formula is C64H124O17P2. The number of phosphoric ester groups is 2. The first-order chi connectivity index (χ1) is 39.7. The van der Waals surface area contributed by atoms with Gasteiger partial charge in [0.2, 0.25) is 0 Å². The van der Waals surface area contributed by atoms with Crippen molar-refractivity contribution in [2.75, 3.05) is 39.6 Å². The van der Waals surface area contributed by atoms with Crippen LogP contribution in [0.25, 0.3) is 0 Å². The molecule has 0 spiro atoms. The standard InChI is InChI=1S/C64H124O17P2/c1-8-9-10-28-38-45-61(66)74-51-59(80-64(69)48-41-34-27-21-15-18-24-31-37-44-57(6)7)53-78-82(70,71)76-49-58(65)50-77-83(72,73)79-54-60(52-75-62(67)46-39-32-25-20-14-17-23-30-36-43-56(4)5)81-63(68)47-40-33-26-19-13-11-12-16-22-29-35-42-55(2)3/h55-60,65H,8-54H2,1-7H3,(H,70,71)(H,72,73)/t58-,59+,60+/m0/s1. The zero-order chi connectivity index (χ0) is 61.7. The fourth-order valence-electron chi connectivity index (χ4n) is 9.48. The lowest BCUT2D eigenvalue weighted by molar-refractivity contribution is -0.161. The maximum atomic E-state index is 13.0. The van der Waals surface area contributed by atoms with E-state index in [4.69, 9.17) is 37.0 Å². The Morgan fingerprint density at radius 3 is 0.819 bits per heavy atom. The first kappa shape index (κ1) is 81.1. The van der Waals surface area contributed by atoms with Crippen LogP contribution in [0.15, 0.2) is 0 Å². The molecule has 0 rings (SSSR count). The number of unbranched alkanes of at least 4 members (excludes halogenated alkanes) is 30. The molecule has 0 amide bonds. The highest BCUT2D eigenvalue weighted by molar-refractivity contribution is 7.47. The molecule has 17 nitrogen and oxygen atoms in total. The summed E-state index contributed by atoms with van der Waals surface area (Å²) in [6.45, 7) is 11.7. The molecule has 0 aromatic rings. The summed E-state index contributed by atoms with van der Waals surface area (Å²) in [7, 11) is -9.88. The minimum atomic E-state index is -4.94. The third-order valence-electron chi connectivity index (χ3n) is 14.6. The third-order valence-corrected chi connectivity index (χ3v) is 16.5. The van der Waals surface area contributed by atoms with Gasteiger partial charge in [-0.25, -0.2) is 9.13 Å². The number of carbonyl (C=O) groups excluding carboxylic acids is 4. The van der Waals surface area contributed by atoms with E-state index in [1.165, 1.54) is 116 Å². The average Bonchev–Trinajstić information content (AvgIpc) is 3.43. The molecule has 0 saturated carbocycles. The Hall–Kier alpha value is -1.94. The van der Waals surface area contributed by atoms with Gasteiger partial charge in [0.1, 0.15) is 19.3 Å². The number of aliphatic hydroxyl groups is 1. The Morgan fingerprint density at radius 1 is 0.325 bits per heavy atom. The van der Waals surface area contributed by atoms with Gasteiger partial charge in [-0.2, -0.15) is 0 Å². The van der Waals surface area contributed by atoms with Crippen molar-refractivity contribution in [3.05, 3.63) is 0 Å². The molecule has 0 aromatic carbocycles. The molecule has 0 aliphatic heterocycles. The second kappa shape index (κ2) is 55.4. The van der Waals surface area contributed by atoms with Crippen LogP contribution >= 0.6 is 15.6 Å². The maximum Gasteiger partial charge on any atom is 0.472 e. The van der Waals surface area contributed by atoms with Gasteiger partial charge in [0, 0.05) is 25.7 Å². The summed E-state index contributed by atoms with van der Waals surface area (Å²) in [5.41, 5.74) is 0. The van der Waals surface area contributed by atoms with Crippen LogP contribution in [-0.2, 0) is 65.4 Å². The summed E-state index contributed by atoms with van der Waals surface area (Å²) in [6.07, 6.45) is 36.5. The summed E-state index contributed by atoms with van der Waals surface area (Å²) in [6, 6.07) is 0. The molecule has 2 unspecified atom stereocenters. The molecule has 0 bridgehead atoms. The van der Waals surface area contributed by atoms with Crippen molar-refractivity contribution in [1.29, 1.82) is 0 Å². The highest BCUT2D eigenvalue weighted by atomic mass is 31.2. The van der Waals surface area contributed by atoms with Crippen molar-refractivity contribution >= 4 is 39.5 Å². The lowest BCUT2D eigenvalue weighted by Crippen LogP contribution is -2.30. The lowest BCUT2D eigenvalue weighted by atomic mass is 10.0. The van der Waals surface area contributed by atoms with E-state index < -0.39 is 97.5 Å². The van der Waals surface area contributed by atoms with Crippen molar-refractivity contribution in [3.63, 3.8) is 0 Å². The Morgan fingerprint density at radius 2 is 0.554 bits per heavy atom. The fraction of sp³-hybridized carbons (Fsp3) is 0.938. The molecule has 0 aromatic heterocycles. The van der Waals surface area contributed by atoms with Gasteiger partial charge >= 0.3 is 39.5 Å². The second-order valence-corrected chi connectivity index (χ2v) is 27.5. The molecule has 0 radical (unpaired) electrons. The van der Waals surface area contributed by atoms with Gasteiger partial charge in [0.05, 0.1) is 26.4 Å². The summed E-state index contributed by atoms with van der Waals surface area (Å²) in [4.78, 5) is 72.0. The van der Waals surface area contributed by atoms with Crippen LogP contribution in [-0.4, -0.2) is 96.7 Å². The van der Waals surface area contributed by atoms with Crippen LogP contribution in [0, 0.1) is 17.8 Å². The molecule has 19 heteroatoms. The SMILES string of the molecule is CCCCCCCC(=O)OC[C@H](COP(=O)(O)OC[C@H](O)COP(=O)(O)OC[C@@H](COC(=O)CCCCCCCCCCCC(C)C)OC(=O)CCCCCCCCCCCCCC(C)C)OC(=O)CCCCCCCCCCCC(C)C. The quantitative estimate of drug-likeness (QED) is 0.0222. The van der Waals surface area contributed by atoms with Crippen LogP contribution in [0.3, 0.4) is 0 Å². The van der Waals surface area contributed by atoms with E-state index in [2.05, 4.69) is 48.5 Å². The molecular weight excluding hydrogens is 1100 g/mol. The molecule has 3 N–H and O–H groups in total. The predicted octanol–water partition coefficient (Wildman–Crippen LogP) is 17.5. The van der Waals surface area contributed by atoms with Crippen LogP contribution < -0.4 is 0 Å². The first-order valence-electron chi connectivity index (χ1n) is 33.3. The summed E-state index contributed by atoms with van der Waals surface area (Å²) in [5.74, 6) is 0.0998. The Kier molecular flexibility index (Phi) is 54.1. The molecule has 0 heterocycles. The number of aliphatic hydroxyl groups excluding tert-OH is 1. The normalized spacial score (nSPS) is 14.4. The maximum absolute atomic E-state index is 13.0. The molecule has 0 aliphatic rings. The highest BCUT2D eigenvalue weighted by Gasteiger charge is 2.30. The van der Waals surface area contributed by atoms with E-state index in [1.54, 1.807) is 0 Å². The van der Waals surface area contributed by atoms with Gasteiger partial charge in [-0.3, -0.25) is 37.3 Å².